The van der Waals surface area contributed by atoms with Crippen molar-refractivity contribution in [2.24, 2.45) is 11.8 Å². The molecule has 4 N–H and O–H groups in total. The molecule has 16 heteroatoms. The van der Waals surface area contributed by atoms with Gasteiger partial charge in [0.25, 0.3) is 11.8 Å². The molecule has 4 aromatic rings. The summed E-state index contributed by atoms with van der Waals surface area (Å²) in [6.45, 7) is 4.39. The quantitative estimate of drug-likeness (QED) is 0.0582. The number of likely N-dealkylation sites (N-methyl/N-ethyl adjacent to an activating group) is 2. The molecule has 4 aliphatic rings. The third-order valence-electron chi connectivity index (χ3n) is 17.5. The highest BCUT2D eigenvalue weighted by Gasteiger charge is 2.46. The zero-order valence-electron chi connectivity index (χ0n) is 47.3. The molecule has 8 rings (SSSR count). The number of halogens is 2. The number of carbonyl (C=O) groups is 6. The van der Waals surface area contributed by atoms with Crippen LogP contribution in [0.15, 0.2) is 109 Å². The summed E-state index contributed by atoms with van der Waals surface area (Å²) >= 11 is 0. The van der Waals surface area contributed by atoms with Gasteiger partial charge in [0.1, 0.15) is 24.4 Å². The lowest BCUT2D eigenvalue weighted by atomic mass is 9.83. The van der Waals surface area contributed by atoms with E-state index in [1.165, 1.54) is 0 Å². The fourth-order valence-corrected chi connectivity index (χ4v) is 12.3. The predicted octanol–water partition coefficient (Wildman–Crippen LogP) is 7.95. The number of hydrogen-bond donors (Lipinski definition) is 4. The third kappa shape index (κ3) is 15.1. The average Bonchev–Trinajstić information content (AvgIpc) is 4.07. The highest BCUT2D eigenvalue weighted by molar-refractivity contribution is 5.96. The maximum Gasteiger partial charge on any atom is 0.253 e. The van der Waals surface area contributed by atoms with E-state index in [2.05, 4.69) is 21.3 Å². The van der Waals surface area contributed by atoms with Crippen molar-refractivity contribution in [3.8, 4) is 11.1 Å². The van der Waals surface area contributed by atoms with Crippen molar-refractivity contribution in [1.82, 2.24) is 40.9 Å². The molecule has 0 radical (unpaired) electrons. The summed E-state index contributed by atoms with van der Waals surface area (Å²) < 4.78 is 32.4. The van der Waals surface area contributed by atoms with E-state index < -0.39 is 48.6 Å². The zero-order chi connectivity index (χ0) is 56.7. The summed E-state index contributed by atoms with van der Waals surface area (Å²) in [4.78, 5) is 91.4. The van der Waals surface area contributed by atoms with E-state index in [1.54, 1.807) is 71.8 Å². The fraction of sp³-hybridized carbons (Fsp3) is 0.531. The van der Waals surface area contributed by atoms with E-state index in [0.29, 0.717) is 24.0 Å². The smallest absolute Gasteiger partial charge is 0.253 e. The number of carbonyl (C=O) groups excluding carboxylic acids is 6. The molecule has 1 unspecified atom stereocenters. The first-order valence-electron chi connectivity index (χ1n) is 29.5. The van der Waals surface area contributed by atoms with Gasteiger partial charge in [-0.3, -0.25) is 28.8 Å². The Morgan fingerprint density at radius 3 is 1.19 bits per heavy atom. The van der Waals surface area contributed by atoms with Gasteiger partial charge in [-0.2, -0.15) is 0 Å². The molecule has 80 heavy (non-hydrogen) atoms. The summed E-state index contributed by atoms with van der Waals surface area (Å²) in [5, 5.41) is 12.0. The molecule has 8 atom stereocenters. The molecule has 4 aromatic carbocycles. The number of amides is 6. The highest BCUT2D eigenvalue weighted by atomic mass is 19.1. The molecule has 2 heterocycles. The van der Waals surface area contributed by atoms with Gasteiger partial charge in [0.15, 0.2) is 0 Å². The number of likely N-dealkylation sites (tertiary alicyclic amines) is 2. The summed E-state index contributed by atoms with van der Waals surface area (Å²) in [6.07, 6.45) is 7.72. The van der Waals surface area contributed by atoms with Crippen molar-refractivity contribution < 1.29 is 37.5 Å². The Morgan fingerprint density at radius 2 is 0.850 bits per heavy atom. The Bertz CT molecular complexity index is 2490. The number of alkyl halides is 2. The zero-order valence-corrected chi connectivity index (χ0v) is 47.3. The van der Waals surface area contributed by atoms with Crippen LogP contribution in [0.2, 0.25) is 0 Å². The summed E-state index contributed by atoms with van der Waals surface area (Å²) in [7, 11) is 3.38. The van der Waals surface area contributed by atoms with Crippen molar-refractivity contribution in [1.29, 1.82) is 0 Å². The molecular formula is C64H84F2N8O6. The highest BCUT2D eigenvalue weighted by Crippen LogP contribution is 2.33. The van der Waals surface area contributed by atoms with Crippen molar-refractivity contribution in [3.63, 3.8) is 0 Å². The van der Waals surface area contributed by atoms with Crippen molar-refractivity contribution >= 4 is 35.4 Å². The SMILES string of the molecule is CN[C@@H](C)C(=O)N[C@H](C(=O)N1CCC(F)[C@H]1CN(CCc1ccccc1)C(=O)c1ccc(-c2ccc(C(=O)N(CCc3ccccc3)C[C@@H]3[C@@H](F)CCN3C(=O)[C@@H](NC(=O)[C@H](C)NC)C3CCCCC3)cc2)cc1)C1CCCCC1. The number of hydrogen-bond acceptors (Lipinski definition) is 8. The molecule has 0 spiro atoms. The molecule has 14 nitrogen and oxygen atoms in total. The molecule has 6 amide bonds. The molecular weight excluding hydrogens is 1010 g/mol. The van der Waals surface area contributed by atoms with Gasteiger partial charge in [0, 0.05) is 50.4 Å². The van der Waals surface area contributed by atoms with E-state index in [9.17, 15) is 28.8 Å². The average molecular weight is 1100 g/mol. The largest absolute Gasteiger partial charge is 0.343 e. The minimum absolute atomic E-state index is 0.0208. The Morgan fingerprint density at radius 1 is 0.500 bits per heavy atom. The Balaban J connectivity index is 0.989. The third-order valence-corrected chi connectivity index (χ3v) is 17.5. The van der Waals surface area contributed by atoms with Gasteiger partial charge in [0.05, 0.1) is 24.2 Å². The van der Waals surface area contributed by atoms with Crippen LogP contribution in [0.1, 0.15) is 123 Å². The number of nitrogens with zero attached hydrogens (tertiary/aromatic N) is 4. The minimum atomic E-state index is -1.36. The van der Waals surface area contributed by atoms with E-state index in [0.717, 1.165) is 86.5 Å². The van der Waals surface area contributed by atoms with Crippen LogP contribution in [-0.4, -0.2) is 157 Å². The van der Waals surface area contributed by atoms with E-state index >= 15 is 8.78 Å². The number of rotatable bonds is 23. The predicted molar refractivity (Wildman–Crippen MR) is 308 cm³/mol. The van der Waals surface area contributed by atoms with Crippen LogP contribution in [0.5, 0.6) is 0 Å². The van der Waals surface area contributed by atoms with E-state index in [1.807, 2.05) is 84.9 Å². The monoisotopic (exact) mass is 1100 g/mol. The first-order valence-corrected chi connectivity index (χ1v) is 29.5. The summed E-state index contributed by atoms with van der Waals surface area (Å²) in [6, 6.07) is 29.5. The molecule has 4 fully saturated rings. The lowest BCUT2D eigenvalue weighted by molar-refractivity contribution is -0.140. The van der Waals surface area contributed by atoms with Crippen LogP contribution >= 0.6 is 0 Å². The fourth-order valence-electron chi connectivity index (χ4n) is 12.3. The van der Waals surface area contributed by atoms with Crippen LogP contribution in [0.25, 0.3) is 11.1 Å². The van der Waals surface area contributed by atoms with Gasteiger partial charge < -0.3 is 40.9 Å². The molecule has 0 bridgehead atoms. The van der Waals surface area contributed by atoms with Crippen molar-refractivity contribution in [3.05, 3.63) is 131 Å². The Kier molecular flexibility index (Phi) is 21.4. The molecule has 2 aliphatic heterocycles. The number of benzene rings is 4. The molecule has 2 saturated carbocycles. The summed E-state index contributed by atoms with van der Waals surface area (Å²) in [5.74, 6) is -1.89. The Labute approximate surface area is 472 Å². The molecule has 430 valence electrons. The standard InChI is InChI=1S/C64H84F2N8O6/c1-43(67-3)59(75)69-57(49-21-13-7-14-22-49)63(79)73-39-35-53(65)55(73)41-71(37-33-45-17-9-5-10-18-45)61(77)51-29-25-47(26-30-51)48-27-31-52(32-28-48)62(78)72(38-34-46-19-11-6-12-20-46)42-56-54(66)36-40-74(56)64(80)58(50-23-15-8-16-24-50)70-60(76)44(2)68-4/h5-6,9-12,17-20,25-32,43-44,49-50,53-58,67-68H,7-8,13-16,21-24,33-42H2,1-4H3,(H,69,75)(H,70,76)/t43-,44-,53-,54?,55+,56+,57-,58-/m0/s1. The van der Waals surface area contributed by atoms with Gasteiger partial charge in [-0.1, -0.05) is 123 Å². The number of nitrogens with one attached hydrogen (secondary N) is 4. The normalized spacial score (nSPS) is 21.3. The van der Waals surface area contributed by atoms with Crippen LogP contribution < -0.4 is 21.3 Å². The summed E-state index contributed by atoms with van der Waals surface area (Å²) in [5.41, 5.74) is 4.40. The van der Waals surface area contributed by atoms with Crippen LogP contribution in [0.4, 0.5) is 8.78 Å². The second-order valence-electron chi connectivity index (χ2n) is 22.7. The minimum Gasteiger partial charge on any atom is -0.343 e. The van der Waals surface area contributed by atoms with Gasteiger partial charge in [0.2, 0.25) is 23.6 Å². The molecule has 2 saturated heterocycles. The first kappa shape index (κ1) is 59.6. The van der Waals surface area contributed by atoms with Crippen LogP contribution in [0, 0.1) is 11.8 Å². The lowest BCUT2D eigenvalue weighted by Crippen LogP contribution is -2.58. The van der Waals surface area contributed by atoms with E-state index in [4.69, 9.17) is 0 Å². The van der Waals surface area contributed by atoms with Gasteiger partial charge in [-0.05, 0) is 138 Å². The first-order chi connectivity index (χ1) is 38.7. The second kappa shape index (κ2) is 28.8. The molecule has 0 aromatic heterocycles. The van der Waals surface area contributed by atoms with Crippen LogP contribution in [-0.2, 0) is 32.0 Å². The Hall–Kier alpha value is -6.52. The van der Waals surface area contributed by atoms with Gasteiger partial charge in [-0.15, -0.1) is 0 Å². The second-order valence-corrected chi connectivity index (χ2v) is 22.7. The topological polar surface area (TPSA) is 163 Å². The van der Waals surface area contributed by atoms with Crippen LogP contribution in [0.3, 0.4) is 0 Å². The molecule has 2 aliphatic carbocycles. The maximum absolute atomic E-state index is 16.2. The lowest BCUT2D eigenvalue weighted by Gasteiger charge is -2.37. The van der Waals surface area contributed by atoms with Gasteiger partial charge in [-0.25, -0.2) is 8.78 Å². The maximum atomic E-state index is 16.2. The van der Waals surface area contributed by atoms with Gasteiger partial charge >= 0.3 is 0 Å². The van der Waals surface area contributed by atoms with E-state index in [-0.39, 0.29) is 99.4 Å². The van der Waals surface area contributed by atoms with Crippen molar-refractivity contribution in [2.75, 3.05) is 53.4 Å². The van der Waals surface area contributed by atoms with Crippen molar-refractivity contribution in [2.45, 2.75) is 152 Å².